The summed E-state index contributed by atoms with van der Waals surface area (Å²) in [6.07, 6.45) is 19.6. The van der Waals surface area contributed by atoms with Gasteiger partial charge in [-0.15, -0.1) is 0 Å². The third kappa shape index (κ3) is 21.2. The molecule has 7 nitrogen and oxygen atoms in total. The number of unbranched alkanes of at least 4 members (excludes halogenated alkanes) is 1. The number of allylic oxidation sites excluding steroid dienone is 5. The number of nitrogens with two attached hydrogens (primary N) is 1. The van der Waals surface area contributed by atoms with Gasteiger partial charge in [0.15, 0.2) is 5.78 Å². The van der Waals surface area contributed by atoms with Gasteiger partial charge in [0.2, 0.25) is 0 Å². The minimum Gasteiger partial charge on any atom is -0.400 e. The van der Waals surface area contributed by atoms with Crippen LogP contribution in [-0.2, 0) is 4.79 Å². The molecule has 1 rings (SSSR count). The Bertz CT molecular complexity index is 1220. The lowest BCUT2D eigenvalue weighted by atomic mass is 9.98. The van der Waals surface area contributed by atoms with Crippen molar-refractivity contribution < 1.29 is 4.79 Å². The molecule has 1 unspecified atom stereocenters. The Morgan fingerprint density at radius 3 is 2.23 bits per heavy atom. The van der Waals surface area contributed by atoms with Crippen molar-refractivity contribution in [3.05, 3.63) is 88.6 Å². The maximum atomic E-state index is 11.4. The van der Waals surface area contributed by atoms with Gasteiger partial charge in [-0.05, 0) is 82.7 Å². The Morgan fingerprint density at radius 1 is 1.04 bits per heavy atom. The predicted octanol–water partition coefficient (Wildman–Crippen LogP) is 10.3. The van der Waals surface area contributed by atoms with Gasteiger partial charge in [0, 0.05) is 56.7 Å². The zero-order valence-electron chi connectivity index (χ0n) is 32.6. The maximum absolute atomic E-state index is 11.4. The Morgan fingerprint density at radius 2 is 1.71 bits per heavy atom. The van der Waals surface area contributed by atoms with E-state index in [1.54, 1.807) is 0 Å². The van der Waals surface area contributed by atoms with Crippen molar-refractivity contribution >= 4 is 23.9 Å². The smallest absolute Gasteiger partial charge is 0.165 e. The minimum absolute atomic E-state index is 0.119. The van der Waals surface area contributed by atoms with E-state index in [0.29, 0.717) is 17.3 Å². The number of ketones is 1. The average Bonchev–Trinajstić information content (AvgIpc) is 3.06. The van der Waals surface area contributed by atoms with Crippen LogP contribution in [0.4, 0.5) is 5.69 Å². The summed E-state index contributed by atoms with van der Waals surface area (Å²) in [6.45, 7) is 23.2. The van der Waals surface area contributed by atoms with E-state index in [1.165, 1.54) is 30.1 Å². The molecule has 48 heavy (non-hydrogen) atoms. The van der Waals surface area contributed by atoms with E-state index in [1.807, 2.05) is 37.4 Å². The zero-order chi connectivity index (χ0) is 36.9. The monoisotopic (exact) mass is 663 g/mol. The number of hydrogen-bond donors (Lipinski definition) is 3. The van der Waals surface area contributed by atoms with Gasteiger partial charge in [-0.2, -0.15) is 0 Å². The Labute approximate surface area is 295 Å². The Hall–Kier alpha value is -3.71. The van der Waals surface area contributed by atoms with Gasteiger partial charge in [-0.1, -0.05) is 103 Å². The summed E-state index contributed by atoms with van der Waals surface area (Å²) in [4.78, 5) is 20.0. The van der Waals surface area contributed by atoms with Crippen LogP contribution in [0.25, 0.3) is 0 Å². The lowest BCUT2D eigenvalue weighted by Crippen LogP contribution is -2.26. The van der Waals surface area contributed by atoms with Crippen LogP contribution in [0, 0.1) is 5.41 Å². The number of benzene rings is 1. The van der Waals surface area contributed by atoms with Gasteiger partial charge < -0.3 is 21.4 Å². The summed E-state index contributed by atoms with van der Waals surface area (Å²) in [7, 11) is 4.01. The Balaban J connectivity index is 0. The van der Waals surface area contributed by atoms with E-state index in [-0.39, 0.29) is 5.78 Å². The highest BCUT2D eigenvalue weighted by Gasteiger charge is 2.12. The normalized spacial score (nSPS) is 13.4. The van der Waals surface area contributed by atoms with Crippen molar-refractivity contribution in [1.82, 2.24) is 9.80 Å². The highest BCUT2D eigenvalue weighted by molar-refractivity contribution is 6.12. The largest absolute Gasteiger partial charge is 0.400 e. The first-order chi connectivity index (χ1) is 22.9. The summed E-state index contributed by atoms with van der Waals surface area (Å²) in [6, 6.07) is 8.57. The molecule has 0 saturated heterocycles. The fourth-order valence-electron chi connectivity index (χ4n) is 4.31. The number of rotatable bonds is 19. The average molecular weight is 663 g/mol. The van der Waals surface area contributed by atoms with Crippen molar-refractivity contribution in [3.8, 4) is 0 Å². The van der Waals surface area contributed by atoms with Crippen LogP contribution < -0.4 is 11.1 Å². The van der Waals surface area contributed by atoms with Crippen molar-refractivity contribution in [3.63, 3.8) is 0 Å². The number of nitrogens with zero attached hydrogens (tertiary/aromatic N) is 3. The highest BCUT2D eigenvalue weighted by Crippen LogP contribution is 2.22. The summed E-state index contributed by atoms with van der Waals surface area (Å²) in [5, 5.41) is 10.7. The topological polar surface area (TPSA) is 97.8 Å². The van der Waals surface area contributed by atoms with Crippen LogP contribution in [-0.4, -0.2) is 61.7 Å². The van der Waals surface area contributed by atoms with Crippen LogP contribution >= 0.6 is 0 Å². The van der Waals surface area contributed by atoms with Gasteiger partial charge in [0.05, 0.1) is 5.57 Å². The summed E-state index contributed by atoms with van der Waals surface area (Å²) in [5.74, 6) is 1.05. The number of carbonyl (C=O) groups excluding carboxylic acids is 1. The van der Waals surface area contributed by atoms with Gasteiger partial charge in [-0.3, -0.25) is 9.69 Å². The number of carbonyl (C=O) groups is 1. The van der Waals surface area contributed by atoms with Crippen molar-refractivity contribution in [2.24, 2.45) is 10.7 Å². The molecule has 0 aromatic heterocycles. The first-order valence-electron chi connectivity index (χ1n) is 17.9. The van der Waals surface area contributed by atoms with Crippen molar-refractivity contribution in [2.45, 2.75) is 114 Å². The number of aliphatic imine (C=N–C) groups is 1. The van der Waals surface area contributed by atoms with Gasteiger partial charge in [0.25, 0.3) is 0 Å². The van der Waals surface area contributed by atoms with Gasteiger partial charge >= 0.3 is 0 Å². The first-order valence-corrected chi connectivity index (χ1v) is 17.9. The fraction of sp³-hybridized carbons (Fsp3) is 0.537. The molecule has 1 aromatic rings. The van der Waals surface area contributed by atoms with Crippen LogP contribution in [0.5, 0.6) is 0 Å². The van der Waals surface area contributed by atoms with E-state index in [9.17, 15) is 4.79 Å². The van der Waals surface area contributed by atoms with E-state index >= 15 is 0 Å². The van der Waals surface area contributed by atoms with E-state index in [4.69, 9.17) is 11.1 Å². The lowest BCUT2D eigenvalue weighted by molar-refractivity contribution is -0.113. The molecule has 0 aliphatic rings. The quantitative estimate of drug-likeness (QED) is 0.0778. The summed E-state index contributed by atoms with van der Waals surface area (Å²) >= 11 is 0. The first kappa shape index (κ1) is 46.4. The van der Waals surface area contributed by atoms with Crippen molar-refractivity contribution in [2.75, 3.05) is 39.0 Å². The zero-order valence-corrected chi connectivity index (χ0v) is 32.6. The second-order valence-corrected chi connectivity index (χ2v) is 12.2. The molecule has 1 aromatic carbocycles. The molecule has 1 atom stereocenters. The summed E-state index contributed by atoms with van der Waals surface area (Å²) < 4.78 is 0. The molecule has 0 heterocycles. The molecule has 0 spiro atoms. The molecular formula is C41H70N6O. The van der Waals surface area contributed by atoms with Crippen LogP contribution in [0.15, 0.2) is 88.0 Å². The molecule has 7 heteroatoms. The van der Waals surface area contributed by atoms with Crippen LogP contribution in [0.2, 0.25) is 0 Å². The highest BCUT2D eigenvalue weighted by atomic mass is 16.1. The number of Topliss-reactive ketones (excluding diaryl/α,β-unsaturated/α-hetero) is 1. The number of nitrogens with one attached hydrogen (secondary N) is 2. The Kier molecular flexibility index (Phi) is 28.5. The fourth-order valence-corrected chi connectivity index (χ4v) is 4.31. The van der Waals surface area contributed by atoms with E-state index in [0.717, 1.165) is 69.3 Å². The van der Waals surface area contributed by atoms with Crippen LogP contribution in [0.1, 0.15) is 119 Å². The molecular weight excluding hydrogens is 592 g/mol. The molecule has 0 amide bonds. The van der Waals surface area contributed by atoms with Crippen LogP contribution in [0.3, 0.4) is 0 Å². The second-order valence-electron chi connectivity index (χ2n) is 12.2. The molecule has 0 bridgehead atoms. The molecule has 0 radical (unpaired) electrons. The minimum atomic E-state index is -0.119. The van der Waals surface area contributed by atoms with E-state index in [2.05, 4.69) is 120 Å². The number of likely N-dealkylation sites (N-methyl/N-ethyl adjacent to an activating group) is 1. The number of hydrogen-bond acceptors (Lipinski definition) is 7. The molecule has 0 aliphatic heterocycles. The molecule has 0 saturated carbocycles. The molecule has 270 valence electrons. The standard InChI is InChI=1S/C25H39N3.C13H23N3O.C3H8/c1-7-10-11-13-23(21(5)9-3)18-28(6)19-24(26)17-27-25-15-12-14-22(16-25)20(4)8-2;1-5-7-8-15-13(16(4)9-6-2)12(10-14)11(3)17;1-3-2/h7,10-17,20,27H,8-9,18-19,26H2,1-6H3;8,10,14H,5-7,9H2,1-4H3;3H2,1-2H3/b10-7-,13-11-,23-21-,24-17-;13-12-,14-10?,15-8+;. The SMILES string of the molecule is CCC.CCC/C=N/C(=C(\C=N)C(C)=O)N(C)CCC.C\C=C/C=C\C(CN(C)C/C(N)=C/Nc1cccc(C(C)CC)c1)=C(/C)CC. The van der Waals surface area contributed by atoms with Gasteiger partial charge in [0.1, 0.15) is 5.82 Å². The second kappa shape index (κ2) is 29.4. The predicted molar refractivity (Wildman–Crippen MR) is 214 cm³/mol. The maximum Gasteiger partial charge on any atom is 0.165 e. The van der Waals surface area contributed by atoms with Gasteiger partial charge in [-0.25, -0.2) is 4.99 Å². The third-order valence-electron chi connectivity index (χ3n) is 7.38. The molecule has 4 N–H and O–H groups in total. The summed E-state index contributed by atoms with van der Waals surface area (Å²) in [5.41, 5.74) is 12.7. The lowest BCUT2D eigenvalue weighted by Gasteiger charge is -2.20. The van der Waals surface area contributed by atoms with Crippen molar-refractivity contribution in [1.29, 1.82) is 5.41 Å². The van der Waals surface area contributed by atoms with E-state index < -0.39 is 0 Å². The molecule has 0 fully saturated rings. The third-order valence-corrected chi connectivity index (χ3v) is 7.38. The molecule has 0 aliphatic carbocycles. The number of anilines is 1.